The molecule has 0 N–H and O–H groups in total. The molecule has 0 saturated heterocycles. The molecule has 1 aliphatic heterocycles. The summed E-state index contributed by atoms with van der Waals surface area (Å²) in [6, 6.07) is 16.2. The SMILES string of the molecule is COc1cc2c(cc1OC)CN(Cc1cccc(Oc3cc(C)c(OC)c(OC)c3)c1)CC2. The van der Waals surface area contributed by atoms with Crippen LogP contribution in [0, 0.1) is 6.92 Å². The highest BCUT2D eigenvalue weighted by molar-refractivity contribution is 5.52. The van der Waals surface area contributed by atoms with Crippen molar-refractivity contribution in [3.8, 4) is 34.5 Å². The van der Waals surface area contributed by atoms with Gasteiger partial charge in [0.1, 0.15) is 11.5 Å². The molecule has 1 aliphatic rings. The molecule has 3 aromatic rings. The number of benzene rings is 3. The first kappa shape index (κ1) is 22.8. The van der Waals surface area contributed by atoms with E-state index in [9.17, 15) is 0 Å². The Morgan fingerprint density at radius 3 is 2.18 bits per heavy atom. The first-order chi connectivity index (χ1) is 16.0. The van der Waals surface area contributed by atoms with E-state index in [-0.39, 0.29) is 0 Å². The molecule has 0 spiro atoms. The van der Waals surface area contributed by atoms with Crippen LogP contribution < -0.4 is 23.7 Å². The molecule has 3 aromatic carbocycles. The van der Waals surface area contributed by atoms with Crippen molar-refractivity contribution in [2.45, 2.75) is 26.4 Å². The van der Waals surface area contributed by atoms with Gasteiger partial charge in [0, 0.05) is 25.7 Å². The van der Waals surface area contributed by atoms with Crippen molar-refractivity contribution in [3.63, 3.8) is 0 Å². The van der Waals surface area contributed by atoms with Gasteiger partial charge in [-0.15, -0.1) is 0 Å². The van der Waals surface area contributed by atoms with Crippen molar-refractivity contribution in [2.24, 2.45) is 0 Å². The lowest BCUT2D eigenvalue weighted by Crippen LogP contribution is -2.30. The second-order valence-electron chi connectivity index (χ2n) is 8.16. The zero-order chi connectivity index (χ0) is 23.4. The number of hydrogen-bond donors (Lipinski definition) is 0. The van der Waals surface area contributed by atoms with Gasteiger partial charge in [-0.1, -0.05) is 12.1 Å². The van der Waals surface area contributed by atoms with E-state index in [1.165, 1.54) is 16.7 Å². The summed E-state index contributed by atoms with van der Waals surface area (Å²) in [7, 11) is 6.62. The van der Waals surface area contributed by atoms with Crippen LogP contribution in [0.3, 0.4) is 0 Å². The highest BCUT2D eigenvalue weighted by Gasteiger charge is 2.20. The van der Waals surface area contributed by atoms with Crippen molar-refractivity contribution in [1.29, 1.82) is 0 Å². The van der Waals surface area contributed by atoms with Gasteiger partial charge in [-0.05, 0) is 65.9 Å². The first-order valence-corrected chi connectivity index (χ1v) is 11.0. The molecule has 0 saturated carbocycles. The summed E-state index contributed by atoms with van der Waals surface area (Å²) in [5.41, 5.74) is 4.77. The molecule has 0 aliphatic carbocycles. The monoisotopic (exact) mass is 449 g/mol. The van der Waals surface area contributed by atoms with Gasteiger partial charge in [0.25, 0.3) is 0 Å². The molecule has 174 valence electrons. The van der Waals surface area contributed by atoms with Gasteiger partial charge in [0.15, 0.2) is 23.0 Å². The maximum absolute atomic E-state index is 6.16. The summed E-state index contributed by atoms with van der Waals surface area (Å²) in [6.07, 6.45) is 0.983. The highest BCUT2D eigenvalue weighted by atomic mass is 16.5. The fourth-order valence-corrected chi connectivity index (χ4v) is 4.36. The summed E-state index contributed by atoms with van der Waals surface area (Å²) in [6.45, 7) is 4.68. The molecule has 0 aromatic heterocycles. The lowest BCUT2D eigenvalue weighted by Gasteiger charge is -2.29. The van der Waals surface area contributed by atoms with E-state index in [1.54, 1.807) is 28.4 Å². The third kappa shape index (κ3) is 5.01. The van der Waals surface area contributed by atoms with Crippen molar-refractivity contribution in [3.05, 3.63) is 70.8 Å². The Hall–Kier alpha value is -3.38. The van der Waals surface area contributed by atoms with E-state index in [2.05, 4.69) is 29.2 Å². The minimum absolute atomic E-state index is 0.655. The minimum atomic E-state index is 0.655. The standard InChI is InChI=1S/C27H31NO5/c1-18-11-23(15-26(31-4)27(18)32-5)33-22-8-6-7-19(12-22)16-28-10-9-20-13-24(29-2)25(30-3)14-21(20)17-28/h6-8,11-15H,9-10,16-17H2,1-5H3. The minimum Gasteiger partial charge on any atom is -0.493 e. The molecule has 0 amide bonds. The van der Waals surface area contributed by atoms with Gasteiger partial charge < -0.3 is 23.7 Å². The maximum Gasteiger partial charge on any atom is 0.164 e. The first-order valence-electron chi connectivity index (χ1n) is 11.0. The van der Waals surface area contributed by atoms with Crippen molar-refractivity contribution >= 4 is 0 Å². The third-order valence-electron chi connectivity index (χ3n) is 5.98. The average molecular weight is 450 g/mol. The molecule has 6 heteroatoms. The Balaban J connectivity index is 1.48. The quantitative estimate of drug-likeness (QED) is 0.460. The smallest absolute Gasteiger partial charge is 0.164 e. The van der Waals surface area contributed by atoms with Crippen LogP contribution in [0.1, 0.15) is 22.3 Å². The van der Waals surface area contributed by atoms with Crippen molar-refractivity contribution in [1.82, 2.24) is 4.90 Å². The van der Waals surface area contributed by atoms with Crippen LogP contribution in [-0.4, -0.2) is 39.9 Å². The number of methoxy groups -OCH3 is 4. The molecular formula is C27H31NO5. The summed E-state index contributed by atoms with van der Waals surface area (Å²) < 4.78 is 28.0. The zero-order valence-corrected chi connectivity index (χ0v) is 19.9. The van der Waals surface area contributed by atoms with E-state index in [0.717, 1.165) is 60.4 Å². The lowest BCUT2D eigenvalue weighted by atomic mass is 9.98. The highest BCUT2D eigenvalue weighted by Crippen LogP contribution is 2.37. The largest absolute Gasteiger partial charge is 0.493 e. The molecule has 0 fully saturated rings. The summed E-state index contributed by atoms with van der Waals surface area (Å²) >= 11 is 0. The van der Waals surface area contributed by atoms with E-state index in [4.69, 9.17) is 23.7 Å². The Morgan fingerprint density at radius 2 is 1.48 bits per heavy atom. The molecule has 6 nitrogen and oxygen atoms in total. The molecule has 0 radical (unpaired) electrons. The van der Waals surface area contributed by atoms with Crippen LogP contribution in [0.2, 0.25) is 0 Å². The molecule has 33 heavy (non-hydrogen) atoms. The Bertz CT molecular complexity index is 1130. The van der Waals surface area contributed by atoms with Gasteiger partial charge in [-0.2, -0.15) is 0 Å². The van der Waals surface area contributed by atoms with Gasteiger partial charge in [-0.25, -0.2) is 0 Å². The molecule has 0 atom stereocenters. The van der Waals surface area contributed by atoms with E-state index < -0.39 is 0 Å². The van der Waals surface area contributed by atoms with E-state index >= 15 is 0 Å². The Morgan fingerprint density at radius 1 is 0.758 bits per heavy atom. The molecular weight excluding hydrogens is 418 g/mol. The van der Waals surface area contributed by atoms with Crippen molar-refractivity contribution < 1.29 is 23.7 Å². The van der Waals surface area contributed by atoms with E-state index in [1.807, 2.05) is 31.2 Å². The van der Waals surface area contributed by atoms with Gasteiger partial charge in [0.2, 0.25) is 0 Å². The van der Waals surface area contributed by atoms with Gasteiger partial charge in [-0.3, -0.25) is 4.90 Å². The van der Waals surface area contributed by atoms with Crippen LogP contribution in [-0.2, 0) is 19.5 Å². The predicted octanol–water partition coefficient (Wildman–Crippen LogP) is 5.38. The number of aryl methyl sites for hydroxylation is 1. The van der Waals surface area contributed by atoms with Crippen LogP contribution in [0.15, 0.2) is 48.5 Å². The summed E-state index contributed by atoms with van der Waals surface area (Å²) in [5, 5.41) is 0. The number of fused-ring (bicyclic) bond motifs is 1. The van der Waals surface area contributed by atoms with Crippen LogP contribution in [0.4, 0.5) is 0 Å². The average Bonchev–Trinajstić information content (AvgIpc) is 2.83. The van der Waals surface area contributed by atoms with Gasteiger partial charge >= 0.3 is 0 Å². The number of hydrogen-bond acceptors (Lipinski definition) is 6. The maximum atomic E-state index is 6.16. The van der Waals surface area contributed by atoms with Gasteiger partial charge in [0.05, 0.1) is 28.4 Å². The zero-order valence-electron chi connectivity index (χ0n) is 19.9. The van der Waals surface area contributed by atoms with Crippen molar-refractivity contribution in [2.75, 3.05) is 35.0 Å². The molecule has 4 rings (SSSR count). The summed E-state index contributed by atoms with van der Waals surface area (Å²) in [4.78, 5) is 2.44. The molecule has 0 unspecified atom stereocenters. The van der Waals surface area contributed by atoms with Crippen LogP contribution in [0.25, 0.3) is 0 Å². The predicted molar refractivity (Wildman–Crippen MR) is 128 cm³/mol. The fraction of sp³-hybridized carbons (Fsp3) is 0.333. The number of ether oxygens (including phenoxy) is 5. The number of nitrogens with zero attached hydrogens (tertiary/aromatic N) is 1. The van der Waals surface area contributed by atoms with E-state index in [0.29, 0.717) is 5.75 Å². The third-order valence-corrected chi connectivity index (χ3v) is 5.98. The molecule has 1 heterocycles. The Labute approximate surface area is 195 Å². The topological polar surface area (TPSA) is 49.4 Å². The second kappa shape index (κ2) is 10.0. The molecule has 0 bridgehead atoms. The summed E-state index contributed by atoms with van der Waals surface area (Å²) in [5.74, 6) is 4.46. The van der Waals surface area contributed by atoms with Crippen LogP contribution >= 0.6 is 0 Å². The fourth-order valence-electron chi connectivity index (χ4n) is 4.36. The normalized spacial score (nSPS) is 13.2. The Kier molecular flexibility index (Phi) is 6.94. The second-order valence-corrected chi connectivity index (χ2v) is 8.16. The van der Waals surface area contributed by atoms with Crippen LogP contribution in [0.5, 0.6) is 34.5 Å². The lowest BCUT2D eigenvalue weighted by molar-refractivity contribution is 0.244. The number of rotatable bonds is 8.